The zero-order valence-electron chi connectivity index (χ0n) is 11.9. The van der Waals surface area contributed by atoms with Crippen molar-refractivity contribution < 1.29 is 0 Å². The fraction of sp³-hybridized carbons (Fsp3) is 0.625. The first-order chi connectivity index (χ1) is 8.66. The van der Waals surface area contributed by atoms with Crippen LogP contribution in [0.3, 0.4) is 0 Å². The molecule has 1 aliphatic rings. The van der Waals surface area contributed by atoms with E-state index in [4.69, 9.17) is 0 Å². The molecule has 1 aromatic rings. The number of nitrogens with zero attached hydrogens (tertiary/aromatic N) is 1. The number of rotatable bonds is 4. The Morgan fingerprint density at radius 2 is 2.00 bits per heavy atom. The van der Waals surface area contributed by atoms with Crippen LogP contribution < -0.4 is 10.2 Å². The topological polar surface area (TPSA) is 15.3 Å². The normalized spacial score (nSPS) is 17.1. The molecule has 0 unspecified atom stereocenters. The van der Waals surface area contributed by atoms with Gasteiger partial charge >= 0.3 is 0 Å². The van der Waals surface area contributed by atoms with Crippen LogP contribution in [0.5, 0.6) is 0 Å². The van der Waals surface area contributed by atoms with Crippen LogP contribution in [0, 0.1) is 12.8 Å². The third-order valence-corrected chi connectivity index (χ3v) is 3.87. The van der Waals surface area contributed by atoms with Gasteiger partial charge in [-0.3, -0.25) is 0 Å². The Morgan fingerprint density at radius 1 is 1.28 bits per heavy atom. The average Bonchev–Trinajstić information content (AvgIpc) is 2.37. The van der Waals surface area contributed by atoms with Gasteiger partial charge in [0.2, 0.25) is 0 Å². The number of hydrogen-bond donors (Lipinski definition) is 1. The fourth-order valence-corrected chi connectivity index (χ4v) is 2.76. The Balaban J connectivity index is 2.07. The highest BCUT2D eigenvalue weighted by atomic mass is 15.2. The van der Waals surface area contributed by atoms with Crippen molar-refractivity contribution in [1.29, 1.82) is 0 Å². The molecule has 1 aliphatic heterocycles. The molecular weight excluding hydrogens is 220 g/mol. The summed E-state index contributed by atoms with van der Waals surface area (Å²) in [5, 5.41) is 3.45. The van der Waals surface area contributed by atoms with Gasteiger partial charge in [-0.25, -0.2) is 0 Å². The molecule has 0 amide bonds. The molecular formula is C16H26N2. The predicted octanol–water partition coefficient (Wildman–Crippen LogP) is 3.21. The third kappa shape index (κ3) is 3.49. The predicted molar refractivity (Wildman–Crippen MR) is 79.3 cm³/mol. The Kier molecular flexibility index (Phi) is 4.65. The zero-order chi connectivity index (χ0) is 13.0. The minimum absolute atomic E-state index is 0.571. The highest BCUT2D eigenvalue weighted by Gasteiger charge is 2.19. The van der Waals surface area contributed by atoms with Gasteiger partial charge in [-0.2, -0.15) is 0 Å². The van der Waals surface area contributed by atoms with E-state index in [1.54, 1.807) is 0 Å². The van der Waals surface area contributed by atoms with E-state index < -0.39 is 0 Å². The van der Waals surface area contributed by atoms with Crippen molar-refractivity contribution >= 4 is 5.69 Å². The lowest BCUT2D eigenvalue weighted by Gasteiger charge is -2.34. The van der Waals surface area contributed by atoms with E-state index in [1.165, 1.54) is 43.7 Å². The molecule has 1 heterocycles. The first-order valence-electron chi connectivity index (χ1n) is 7.21. The molecule has 0 spiro atoms. The highest BCUT2D eigenvalue weighted by molar-refractivity contribution is 5.49. The lowest BCUT2D eigenvalue weighted by molar-refractivity contribution is 0.368. The quantitative estimate of drug-likeness (QED) is 0.877. The second kappa shape index (κ2) is 6.24. The number of nitrogens with one attached hydrogen (secondary N) is 1. The lowest BCUT2D eigenvalue weighted by atomic mass is 9.96. The molecule has 0 radical (unpaired) electrons. The minimum atomic E-state index is 0.571. The zero-order valence-corrected chi connectivity index (χ0v) is 11.9. The van der Waals surface area contributed by atoms with Crippen molar-refractivity contribution in [3.63, 3.8) is 0 Å². The van der Waals surface area contributed by atoms with Crippen molar-refractivity contribution in [2.24, 2.45) is 5.92 Å². The number of aryl methyl sites for hydroxylation is 1. The molecule has 100 valence electrons. The summed E-state index contributed by atoms with van der Waals surface area (Å²) >= 11 is 0. The SMILES string of the molecule is Cc1cccc(N(CC2CCNCC2)C(C)C)c1. The summed E-state index contributed by atoms with van der Waals surface area (Å²) in [4.78, 5) is 2.56. The molecule has 2 rings (SSSR count). The molecule has 0 saturated carbocycles. The highest BCUT2D eigenvalue weighted by Crippen LogP contribution is 2.22. The Labute approximate surface area is 111 Å². The second-order valence-corrected chi connectivity index (χ2v) is 5.78. The Hall–Kier alpha value is -1.02. The monoisotopic (exact) mass is 246 g/mol. The van der Waals surface area contributed by atoms with Crippen LogP contribution in [-0.4, -0.2) is 25.7 Å². The number of hydrogen-bond acceptors (Lipinski definition) is 2. The van der Waals surface area contributed by atoms with Crippen LogP contribution in [0.25, 0.3) is 0 Å². The minimum Gasteiger partial charge on any atom is -0.369 e. The van der Waals surface area contributed by atoms with Crippen LogP contribution in [0.1, 0.15) is 32.3 Å². The van der Waals surface area contributed by atoms with Gasteiger partial charge in [0, 0.05) is 18.3 Å². The Bertz CT molecular complexity index is 367. The molecule has 1 saturated heterocycles. The van der Waals surface area contributed by atoms with E-state index in [0.717, 1.165) is 5.92 Å². The van der Waals surface area contributed by atoms with E-state index in [1.807, 2.05) is 0 Å². The van der Waals surface area contributed by atoms with Crippen molar-refractivity contribution in [3.8, 4) is 0 Å². The summed E-state index contributed by atoms with van der Waals surface area (Å²) in [6.07, 6.45) is 2.63. The van der Waals surface area contributed by atoms with Crippen molar-refractivity contribution in [2.75, 3.05) is 24.5 Å². The van der Waals surface area contributed by atoms with Gasteiger partial charge in [0.15, 0.2) is 0 Å². The molecule has 2 nitrogen and oxygen atoms in total. The summed E-state index contributed by atoms with van der Waals surface area (Å²) in [6, 6.07) is 9.46. The molecule has 18 heavy (non-hydrogen) atoms. The molecule has 0 aliphatic carbocycles. The maximum Gasteiger partial charge on any atom is 0.0371 e. The third-order valence-electron chi connectivity index (χ3n) is 3.87. The van der Waals surface area contributed by atoms with E-state index in [2.05, 4.69) is 55.3 Å². The van der Waals surface area contributed by atoms with Gasteiger partial charge in [0.25, 0.3) is 0 Å². The van der Waals surface area contributed by atoms with Gasteiger partial charge in [-0.1, -0.05) is 12.1 Å². The number of piperidine rings is 1. The molecule has 0 aromatic heterocycles. The van der Waals surface area contributed by atoms with Gasteiger partial charge < -0.3 is 10.2 Å². The van der Waals surface area contributed by atoms with Gasteiger partial charge in [-0.15, -0.1) is 0 Å². The molecule has 0 bridgehead atoms. The summed E-state index contributed by atoms with van der Waals surface area (Å²) < 4.78 is 0. The summed E-state index contributed by atoms with van der Waals surface area (Å²) in [7, 11) is 0. The van der Waals surface area contributed by atoms with Gasteiger partial charge in [0.1, 0.15) is 0 Å². The second-order valence-electron chi connectivity index (χ2n) is 5.78. The maximum absolute atomic E-state index is 3.45. The summed E-state index contributed by atoms with van der Waals surface area (Å²) in [5.41, 5.74) is 2.73. The van der Waals surface area contributed by atoms with Crippen LogP contribution in [0.15, 0.2) is 24.3 Å². The smallest absolute Gasteiger partial charge is 0.0371 e. The van der Waals surface area contributed by atoms with E-state index in [0.29, 0.717) is 6.04 Å². The first-order valence-corrected chi connectivity index (χ1v) is 7.21. The van der Waals surface area contributed by atoms with Crippen LogP contribution in [0.2, 0.25) is 0 Å². The standard InChI is InChI=1S/C16H26N2/c1-13(2)18(12-15-7-9-17-10-8-15)16-6-4-5-14(3)11-16/h4-6,11,13,15,17H,7-10,12H2,1-3H3. The van der Waals surface area contributed by atoms with E-state index in [9.17, 15) is 0 Å². The fourth-order valence-electron chi connectivity index (χ4n) is 2.76. The largest absolute Gasteiger partial charge is 0.369 e. The van der Waals surface area contributed by atoms with Gasteiger partial charge in [-0.05, 0) is 70.3 Å². The van der Waals surface area contributed by atoms with Crippen LogP contribution >= 0.6 is 0 Å². The van der Waals surface area contributed by atoms with E-state index in [-0.39, 0.29) is 0 Å². The van der Waals surface area contributed by atoms with Crippen molar-refractivity contribution in [2.45, 2.75) is 39.7 Å². The van der Waals surface area contributed by atoms with Crippen LogP contribution in [-0.2, 0) is 0 Å². The summed E-state index contributed by atoms with van der Waals surface area (Å²) in [6.45, 7) is 10.3. The maximum atomic E-state index is 3.45. The Morgan fingerprint density at radius 3 is 2.61 bits per heavy atom. The number of benzene rings is 1. The van der Waals surface area contributed by atoms with E-state index >= 15 is 0 Å². The number of anilines is 1. The molecule has 2 heteroatoms. The summed E-state index contributed by atoms with van der Waals surface area (Å²) in [5.74, 6) is 0.842. The van der Waals surface area contributed by atoms with Gasteiger partial charge in [0.05, 0.1) is 0 Å². The average molecular weight is 246 g/mol. The first kappa shape index (κ1) is 13.4. The molecule has 1 aromatic carbocycles. The van der Waals surface area contributed by atoms with Crippen molar-refractivity contribution in [1.82, 2.24) is 5.32 Å². The molecule has 1 fully saturated rings. The lowest BCUT2D eigenvalue weighted by Crippen LogP contribution is -2.39. The van der Waals surface area contributed by atoms with Crippen LogP contribution in [0.4, 0.5) is 5.69 Å². The molecule has 1 N–H and O–H groups in total. The van der Waals surface area contributed by atoms with Crippen molar-refractivity contribution in [3.05, 3.63) is 29.8 Å². The molecule has 0 atom stereocenters.